The zero-order chi connectivity index (χ0) is 19.4. The molecular formula is C21H20FNO3S. The van der Waals surface area contributed by atoms with E-state index in [2.05, 4.69) is 0 Å². The molecule has 0 N–H and O–H groups in total. The molecule has 0 radical (unpaired) electrons. The molecule has 0 aliphatic rings. The van der Waals surface area contributed by atoms with Crippen LogP contribution in [0.5, 0.6) is 5.75 Å². The lowest BCUT2D eigenvalue weighted by atomic mass is 10.1. The summed E-state index contributed by atoms with van der Waals surface area (Å²) in [6, 6.07) is 20.5. The van der Waals surface area contributed by atoms with Gasteiger partial charge in [-0.25, -0.2) is 12.8 Å². The van der Waals surface area contributed by atoms with Gasteiger partial charge in [-0.1, -0.05) is 30.3 Å². The number of sulfonamides is 1. The van der Waals surface area contributed by atoms with Gasteiger partial charge in [0.15, 0.2) is 0 Å². The Bertz CT molecular complexity index is 988. The summed E-state index contributed by atoms with van der Waals surface area (Å²) in [6.07, 6.45) is 0. The van der Waals surface area contributed by atoms with Crippen molar-refractivity contribution in [2.75, 3.05) is 11.4 Å². The number of hydrogen-bond donors (Lipinski definition) is 0. The van der Waals surface area contributed by atoms with Crippen LogP contribution in [0.25, 0.3) is 0 Å². The number of hydrogen-bond acceptors (Lipinski definition) is 3. The number of anilines is 1. The number of rotatable bonds is 6. The van der Waals surface area contributed by atoms with Gasteiger partial charge in [0.1, 0.15) is 11.6 Å². The van der Waals surface area contributed by atoms with E-state index in [0.29, 0.717) is 11.4 Å². The highest BCUT2D eigenvalue weighted by Gasteiger charge is 2.30. The Balaban J connectivity index is 2.11. The first-order valence-electron chi connectivity index (χ1n) is 8.42. The summed E-state index contributed by atoms with van der Waals surface area (Å²) in [5, 5.41) is 0. The number of methoxy groups -OCH3 is 1. The van der Waals surface area contributed by atoms with Gasteiger partial charge in [0.25, 0.3) is 10.0 Å². The molecule has 0 spiro atoms. The van der Waals surface area contributed by atoms with Gasteiger partial charge in [-0.05, 0) is 61.0 Å². The molecule has 0 aliphatic carbocycles. The summed E-state index contributed by atoms with van der Waals surface area (Å²) < 4.78 is 46.7. The highest BCUT2D eigenvalue weighted by atomic mass is 32.2. The fourth-order valence-electron chi connectivity index (χ4n) is 2.89. The number of ether oxygens (including phenoxy) is 1. The van der Waals surface area contributed by atoms with Gasteiger partial charge < -0.3 is 4.74 Å². The quantitative estimate of drug-likeness (QED) is 0.613. The first kappa shape index (κ1) is 18.9. The van der Waals surface area contributed by atoms with Crippen LogP contribution in [0.3, 0.4) is 0 Å². The molecule has 0 aromatic heterocycles. The smallest absolute Gasteiger partial charge is 0.264 e. The molecule has 0 saturated heterocycles. The molecule has 140 valence electrons. The van der Waals surface area contributed by atoms with E-state index < -0.39 is 21.9 Å². The standard InChI is InChI=1S/C21H20FNO3S/c1-16(17-6-4-3-5-7-17)23(19-10-8-18(22)9-11-19)27(24,25)21-14-12-20(26-2)13-15-21/h3-16H,1-2H3/t16-/m0/s1. The first-order valence-corrected chi connectivity index (χ1v) is 9.86. The molecule has 1 atom stereocenters. The third-order valence-corrected chi connectivity index (χ3v) is 6.24. The topological polar surface area (TPSA) is 46.6 Å². The third kappa shape index (κ3) is 3.95. The summed E-state index contributed by atoms with van der Waals surface area (Å²) in [5.74, 6) is 0.145. The summed E-state index contributed by atoms with van der Waals surface area (Å²) in [6.45, 7) is 1.81. The number of benzene rings is 3. The highest BCUT2D eigenvalue weighted by Crippen LogP contribution is 2.33. The summed E-state index contributed by atoms with van der Waals surface area (Å²) >= 11 is 0. The van der Waals surface area contributed by atoms with Gasteiger partial charge in [0, 0.05) is 0 Å². The molecule has 3 aromatic rings. The van der Waals surface area contributed by atoms with Crippen molar-refractivity contribution in [3.8, 4) is 5.75 Å². The molecule has 3 rings (SSSR count). The molecule has 0 aliphatic heterocycles. The van der Waals surface area contributed by atoms with Crippen molar-refractivity contribution in [3.63, 3.8) is 0 Å². The normalized spacial score (nSPS) is 12.4. The predicted molar refractivity (Wildman–Crippen MR) is 104 cm³/mol. The lowest BCUT2D eigenvalue weighted by molar-refractivity contribution is 0.414. The Morgan fingerprint density at radius 3 is 2.04 bits per heavy atom. The van der Waals surface area contributed by atoms with Crippen LogP contribution in [0.15, 0.2) is 83.8 Å². The van der Waals surface area contributed by atoms with Gasteiger partial charge in [-0.2, -0.15) is 0 Å². The maximum absolute atomic E-state index is 13.4. The molecular weight excluding hydrogens is 365 g/mol. The maximum atomic E-state index is 13.4. The van der Waals surface area contributed by atoms with Crippen molar-refractivity contribution in [1.29, 1.82) is 0 Å². The Kier molecular flexibility index (Phi) is 5.46. The van der Waals surface area contributed by atoms with Crippen molar-refractivity contribution < 1.29 is 17.5 Å². The van der Waals surface area contributed by atoms with Gasteiger partial charge >= 0.3 is 0 Å². The largest absolute Gasteiger partial charge is 0.497 e. The van der Waals surface area contributed by atoms with Crippen LogP contribution in [-0.2, 0) is 10.0 Å². The van der Waals surface area contributed by atoms with Crippen LogP contribution in [0.1, 0.15) is 18.5 Å². The molecule has 3 aromatic carbocycles. The van der Waals surface area contributed by atoms with E-state index >= 15 is 0 Å². The molecule has 0 bridgehead atoms. The lowest BCUT2D eigenvalue weighted by Gasteiger charge is -2.31. The second kappa shape index (κ2) is 7.80. The van der Waals surface area contributed by atoms with Gasteiger partial charge in [0.05, 0.1) is 23.7 Å². The van der Waals surface area contributed by atoms with Crippen LogP contribution in [-0.4, -0.2) is 15.5 Å². The van der Waals surface area contributed by atoms with Gasteiger partial charge in [-0.3, -0.25) is 4.31 Å². The van der Waals surface area contributed by atoms with E-state index in [1.54, 1.807) is 19.1 Å². The Morgan fingerprint density at radius 1 is 0.889 bits per heavy atom. The summed E-state index contributed by atoms with van der Waals surface area (Å²) in [4.78, 5) is 0.135. The maximum Gasteiger partial charge on any atom is 0.264 e. The van der Waals surface area contributed by atoms with Crippen LogP contribution in [0, 0.1) is 5.82 Å². The van der Waals surface area contributed by atoms with Crippen LogP contribution < -0.4 is 9.04 Å². The SMILES string of the molecule is COc1ccc(S(=O)(=O)N(c2ccc(F)cc2)[C@@H](C)c2ccccc2)cc1. The number of nitrogens with zero attached hydrogens (tertiary/aromatic N) is 1. The zero-order valence-electron chi connectivity index (χ0n) is 15.0. The zero-order valence-corrected chi connectivity index (χ0v) is 15.9. The van der Waals surface area contributed by atoms with Crippen molar-refractivity contribution in [2.45, 2.75) is 17.9 Å². The summed E-state index contributed by atoms with van der Waals surface area (Å²) in [5.41, 5.74) is 1.22. The average Bonchev–Trinajstić information content (AvgIpc) is 2.70. The second-order valence-electron chi connectivity index (χ2n) is 6.04. The molecule has 0 unspecified atom stereocenters. The van der Waals surface area contributed by atoms with E-state index in [1.165, 1.54) is 47.8 Å². The van der Waals surface area contributed by atoms with Gasteiger partial charge in [-0.15, -0.1) is 0 Å². The molecule has 0 amide bonds. The lowest BCUT2D eigenvalue weighted by Crippen LogP contribution is -2.33. The van der Waals surface area contributed by atoms with E-state index in [1.807, 2.05) is 30.3 Å². The average molecular weight is 385 g/mol. The van der Waals surface area contributed by atoms with E-state index in [0.717, 1.165) is 5.56 Å². The minimum Gasteiger partial charge on any atom is -0.497 e. The fraction of sp³-hybridized carbons (Fsp3) is 0.143. The predicted octanol–water partition coefficient (Wildman–Crippen LogP) is 4.79. The van der Waals surface area contributed by atoms with E-state index in [4.69, 9.17) is 4.74 Å². The minimum absolute atomic E-state index is 0.135. The van der Waals surface area contributed by atoms with Crippen LogP contribution in [0.4, 0.5) is 10.1 Å². The molecule has 0 fully saturated rings. The van der Waals surface area contributed by atoms with Gasteiger partial charge in [0.2, 0.25) is 0 Å². The molecule has 0 saturated carbocycles. The highest BCUT2D eigenvalue weighted by molar-refractivity contribution is 7.92. The minimum atomic E-state index is -3.88. The summed E-state index contributed by atoms with van der Waals surface area (Å²) in [7, 11) is -2.36. The van der Waals surface area contributed by atoms with Crippen molar-refractivity contribution in [2.24, 2.45) is 0 Å². The molecule has 6 heteroatoms. The third-order valence-electron chi connectivity index (χ3n) is 4.33. The number of halogens is 1. The van der Waals surface area contributed by atoms with Crippen molar-refractivity contribution >= 4 is 15.7 Å². The van der Waals surface area contributed by atoms with Crippen molar-refractivity contribution in [1.82, 2.24) is 0 Å². The first-order chi connectivity index (χ1) is 12.9. The Labute approximate surface area is 158 Å². The van der Waals surface area contributed by atoms with Crippen LogP contribution in [0.2, 0.25) is 0 Å². The van der Waals surface area contributed by atoms with Crippen LogP contribution >= 0.6 is 0 Å². The van der Waals surface area contributed by atoms with E-state index in [-0.39, 0.29) is 4.90 Å². The Hall–Kier alpha value is -2.86. The second-order valence-corrected chi connectivity index (χ2v) is 7.85. The van der Waals surface area contributed by atoms with Crippen molar-refractivity contribution in [3.05, 3.63) is 90.2 Å². The molecule has 27 heavy (non-hydrogen) atoms. The monoisotopic (exact) mass is 385 g/mol. The Morgan fingerprint density at radius 2 is 1.48 bits per heavy atom. The fourth-order valence-corrected chi connectivity index (χ4v) is 4.53. The van der Waals surface area contributed by atoms with E-state index in [9.17, 15) is 12.8 Å². The molecule has 0 heterocycles. The molecule has 4 nitrogen and oxygen atoms in total.